The Morgan fingerprint density at radius 3 is 2.55 bits per heavy atom. The van der Waals surface area contributed by atoms with E-state index in [1.807, 2.05) is 31.2 Å². The summed E-state index contributed by atoms with van der Waals surface area (Å²) in [6.45, 7) is 6.78. The molecule has 0 spiro atoms. The van der Waals surface area contributed by atoms with Gasteiger partial charge in [-0.25, -0.2) is 0 Å². The average molecular weight is 269 g/mol. The third kappa shape index (κ3) is 3.40. The van der Waals surface area contributed by atoms with Gasteiger partial charge in [-0.3, -0.25) is 0 Å². The second-order valence-electron chi connectivity index (χ2n) is 5.27. The largest absolute Gasteiger partial charge is 0.387 e. The zero-order chi connectivity index (χ0) is 14.5. The number of benzene rings is 2. The normalized spacial score (nSPS) is 12.2. The van der Waals surface area contributed by atoms with Crippen LogP contribution in [0.2, 0.25) is 0 Å². The van der Waals surface area contributed by atoms with Gasteiger partial charge in [0.05, 0.1) is 6.10 Å². The lowest BCUT2D eigenvalue weighted by molar-refractivity contribution is 0.191. The van der Waals surface area contributed by atoms with Crippen molar-refractivity contribution in [3.63, 3.8) is 0 Å². The third-order valence-electron chi connectivity index (χ3n) is 3.67. The summed E-state index contributed by atoms with van der Waals surface area (Å²) in [5.41, 5.74) is 5.75. The van der Waals surface area contributed by atoms with Crippen molar-refractivity contribution in [2.75, 3.05) is 11.9 Å². The molecule has 0 saturated heterocycles. The van der Waals surface area contributed by atoms with E-state index in [9.17, 15) is 5.11 Å². The van der Waals surface area contributed by atoms with Crippen LogP contribution in [0.15, 0.2) is 42.5 Å². The number of rotatable bonds is 5. The van der Waals surface area contributed by atoms with Crippen LogP contribution in [0.4, 0.5) is 5.69 Å². The Morgan fingerprint density at radius 1 is 1.10 bits per heavy atom. The fourth-order valence-electron chi connectivity index (χ4n) is 2.52. The van der Waals surface area contributed by atoms with E-state index in [1.54, 1.807) is 0 Å². The number of nitrogens with one attached hydrogen (secondary N) is 1. The number of hydrogen-bond donors (Lipinski definition) is 2. The molecule has 2 N–H and O–H groups in total. The van der Waals surface area contributed by atoms with Gasteiger partial charge in [0.1, 0.15) is 0 Å². The zero-order valence-corrected chi connectivity index (χ0v) is 12.5. The quantitative estimate of drug-likeness (QED) is 0.859. The van der Waals surface area contributed by atoms with E-state index in [-0.39, 0.29) is 0 Å². The number of anilines is 1. The SMILES string of the molecule is CCc1ccccc1NCC(O)c1ccc(C)cc1C. The van der Waals surface area contributed by atoms with E-state index in [4.69, 9.17) is 0 Å². The van der Waals surface area contributed by atoms with E-state index < -0.39 is 6.10 Å². The zero-order valence-electron chi connectivity index (χ0n) is 12.5. The van der Waals surface area contributed by atoms with Gasteiger partial charge < -0.3 is 10.4 Å². The number of hydrogen-bond acceptors (Lipinski definition) is 2. The average Bonchev–Trinajstić information content (AvgIpc) is 2.45. The topological polar surface area (TPSA) is 32.3 Å². The van der Waals surface area contributed by atoms with Crippen molar-refractivity contribution in [1.82, 2.24) is 0 Å². The molecule has 0 bridgehead atoms. The Labute approximate surface area is 121 Å². The summed E-state index contributed by atoms with van der Waals surface area (Å²) in [6, 6.07) is 14.4. The van der Waals surface area contributed by atoms with Crippen LogP contribution in [-0.4, -0.2) is 11.7 Å². The first-order chi connectivity index (χ1) is 9.61. The highest BCUT2D eigenvalue weighted by atomic mass is 16.3. The van der Waals surface area contributed by atoms with E-state index >= 15 is 0 Å². The summed E-state index contributed by atoms with van der Waals surface area (Å²) in [5.74, 6) is 0. The van der Waals surface area contributed by atoms with Gasteiger partial charge in [0, 0.05) is 12.2 Å². The molecule has 2 nitrogen and oxygen atoms in total. The molecule has 0 aromatic heterocycles. The van der Waals surface area contributed by atoms with Gasteiger partial charge >= 0.3 is 0 Å². The van der Waals surface area contributed by atoms with Crippen LogP contribution in [-0.2, 0) is 6.42 Å². The van der Waals surface area contributed by atoms with Gasteiger partial charge in [-0.15, -0.1) is 0 Å². The predicted octanol–water partition coefficient (Wildman–Crippen LogP) is 4.01. The first kappa shape index (κ1) is 14.6. The van der Waals surface area contributed by atoms with Crippen molar-refractivity contribution in [1.29, 1.82) is 0 Å². The summed E-state index contributed by atoms with van der Waals surface area (Å²) < 4.78 is 0. The molecule has 1 atom stereocenters. The molecular weight excluding hydrogens is 246 g/mol. The van der Waals surface area contributed by atoms with E-state index in [0.717, 1.165) is 23.2 Å². The second-order valence-corrected chi connectivity index (χ2v) is 5.27. The fourth-order valence-corrected chi connectivity index (χ4v) is 2.52. The maximum absolute atomic E-state index is 10.4. The van der Waals surface area contributed by atoms with Crippen molar-refractivity contribution >= 4 is 5.69 Å². The highest BCUT2D eigenvalue weighted by Gasteiger charge is 2.10. The summed E-state index contributed by atoms with van der Waals surface area (Å²) in [4.78, 5) is 0. The third-order valence-corrected chi connectivity index (χ3v) is 3.67. The van der Waals surface area contributed by atoms with Gasteiger partial charge in [0.15, 0.2) is 0 Å². The summed E-state index contributed by atoms with van der Waals surface area (Å²) in [5, 5.41) is 13.7. The lowest BCUT2D eigenvalue weighted by Gasteiger charge is -2.17. The minimum absolute atomic E-state index is 0.486. The molecule has 20 heavy (non-hydrogen) atoms. The molecular formula is C18H23NO. The molecule has 0 heterocycles. The number of aryl methyl sites for hydroxylation is 3. The van der Waals surface area contributed by atoms with Crippen molar-refractivity contribution < 1.29 is 5.11 Å². The molecule has 2 heteroatoms. The first-order valence-corrected chi connectivity index (χ1v) is 7.18. The van der Waals surface area contributed by atoms with Gasteiger partial charge in [-0.1, -0.05) is 48.9 Å². The smallest absolute Gasteiger partial charge is 0.0964 e. The van der Waals surface area contributed by atoms with Crippen LogP contribution >= 0.6 is 0 Å². The number of para-hydroxylation sites is 1. The Bertz CT molecular complexity index is 577. The maximum Gasteiger partial charge on any atom is 0.0964 e. The van der Waals surface area contributed by atoms with Crippen LogP contribution in [0.3, 0.4) is 0 Å². The molecule has 2 aromatic rings. The fraction of sp³-hybridized carbons (Fsp3) is 0.333. The van der Waals surface area contributed by atoms with Crippen molar-refractivity contribution in [3.8, 4) is 0 Å². The Morgan fingerprint density at radius 2 is 1.85 bits per heavy atom. The lowest BCUT2D eigenvalue weighted by atomic mass is 10.0. The molecule has 106 valence electrons. The van der Waals surface area contributed by atoms with Gasteiger partial charge in [-0.2, -0.15) is 0 Å². The van der Waals surface area contributed by atoms with Gasteiger partial charge in [0.25, 0.3) is 0 Å². The minimum atomic E-state index is -0.486. The summed E-state index contributed by atoms with van der Waals surface area (Å²) in [6.07, 6.45) is 0.503. The molecule has 2 aromatic carbocycles. The van der Waals surface area contributed by atoms with Gasteiger partial charge in [-0.05, 0) is 43.0 Å². The Kier molecular flexibility index (Phi) is 4.80. The number of aliphatic hydroxyl groups excluding tert-OH is 1. The monoisotopic (exact) mass is 269 g/mol. The second kappa shape index (κ2) is 6.58. The Hall–Kier alpha value is -1.80. The lowest BCUT2D eigenvalue weighted by Crippen LogP contribution is -2.14. The summed E-state index contributed by atoms with van der Waals surface area (Å²) in [7, 11) is 0. The minimum Gasteiger partial charge on any atom is -0.387 e. The summed E-state index contributed by atoms with van der Waals surface area (Å²) >= 11 is 0. The van der Waals surface area contributed by atoms with E-state index in [0.29, 0.717) is 6.54 Å². The van der Waals surface area contributed by atoms with E-state index in [2.05, 4.69) is 37.4 Å². The molecule has 0 fully saturated rings. The van der Waals surface area contributed by atoms with Crippen molar-refractivity contribution in [2.24, 2.45) is 0 Å². The number of aliphatic hydroxyl groups is 1. The van der Waals surface area contributed by atoms with Crippen molar-refractivity contribution in [2.45, 2.75) is 33.3 Å². The van der Waals surface area contributed by atoms with Gasteiger partial charge in [0.2, 0.25) is 0 Å². The Balaban J connectivity index is 2.06. The van der Waals surface area contributed by atoms with E-state index in [1.165, 1.54) is 11.1 Å². The molecule has 2 rings (SSSR count). The molecule has 0 radical (unpaired) electrons. The van der Waals surface area contributed by atoms with Crippen LogP contribution < -0.4 is 5.32 Å². The molecule has 0 aliphatic carbocycles. The highest BCUT2D eigenvalue weighted by molar-refractivity contribution is 5.51. The van der Waals surface area contributed by atoms with Crippen LogP contribution in [0, 0.1) is 13.8 Å². The highest BCUT2D eigenvalue weighted by Crippen LogP contribution is 2.21. The standard InChI is InChI=1S/C18H23NO/c1-4-15-7-5-6-8-17(15)19-12-18(20)16-10-9-13(2)11-14(16)3/h5-11,18-20H,4,12H2,1-3H3. The van der Waals surface area contributed by atoms with Crippen LogP contribution in [0.25, 0.3) is 0 Å². The molecule has 0 amide bonds. The predicted molar refractivity (Wildman–Crippen MR) is 85.2 cm³/mol. The molecule has 0 aliphatic heterocycles. The van der Waals surface area contributed by atoms with Crippen molar-refractivity contribution in [3.05, 3.63) is 64.7 Å². The molecule has 1 unspecified atom stereocenters. The maximum atomic E-state index is 10.4. The molecule has 0 saturated carbocycles. The first-order valence-electron chi connectivity index (χ1n) is 7.18. The van der Waals surface area contributed by atoms with Crippen LogP contribution in [0.5, 0.6) is 0 Å². The molecule has 0 aliphatic rings. The van der Waals surface area contributed by atoms with Crippen LogP contribution in [0.1, 0.15) is 35.3 Å².